The van der Waals surface area contributed by atoms with Gasteiger partial charge in [0, 0.05) is 17.4 Å². The Bertz CT molecular complexity index is 956. The highest BCUT2D eigenvalue weighted by molar-refractivity contribution is 6.03. The van der Waals surface area contributed by atoms with Gasteiger partial charge in [0.1, 0.15) is 0 Å². The van der Waals surface area contributed by atoms with E-state index >= 15 is 0 Å². The molecule has 1 aliphatic heterocycles. The van der Waals surface area contributed by atoms with E-state index in [1.54, 1.807) is 49.4 Å². The molecule has 1 fully saturated rings. The van der Waals surface area contributed by atoms with Crippen molar-refractivity contribution in [3.8, 4) is 11.5 Å². The Morgan fingerprint density at radius 2 is 1.55 bits per heavy atom. The predicted molar refractivity (Wildman–Crippen MR) is 104 cm³/mol. The van der Waals surface area contributed by atoms with E-state index < -0.39 is 5.97 Å². The van der Waals surface area contributed by atoms with Crippen molar-refractivity contribution in [3.63, 3.8) is 0 Å². The molecule has 2 aromatic carbocycles. The minimum absolute atomic E-state index is 0.165. The van der Waals surface area contributed by atoms with E-state index in [1.807, 2.05) is 0 Å². The van der Waals surface area contributed by atoms with Crippen molar-refractivity contribution in [3.05, 3.63) is 48.0 Å². The second-order valence-electron chi connectivity index (χ2n) is 6.79. The molecule has 0 spiro atoms. The first kappa shape index (κ1) is 18.8. The SMILES string of the molecule is CCOC(=O)c1ccc(NC(=O)C2CC2C(=O)Nc2ccc3c(c2)OCO3)cc1. The van der Waals surface area contributed by atoms with Gasteiger partial charge in [0.05, 0.1) is 24.0 Å². The molecule has 8 nitrogen and oxygen atoms in total. The standard InChI is InChI=1S/C21H20N2O6/c1-2-27-21(26)12-3-5-13(6-4-12)22-19(24)15-10-16(15)20(25)23-14-7-8-17-18(9-14)29-11-28-17/h3-9,15-16H,2,10-11H2,1H3,(H,22,24)(H,23,25). The molecule has 8 heteroatoms. The van der Waals surface area contributed by atoms with Crippen molar-refractivity contribution in [1.29, 1.82) is 0 Å². The Morgan fingerprint density at radius 1 is 0.931 bits per heavy atom. The number of esters is 1. The number of fused-ring (bicyclic) bond motifs is 1. The molecule has 2 amide bonds. The molecule has 2 aliphatic rings. The normalized spacial score (nSPS) is 18.7. The van der Waals surface area contributed by atoms with Crippen molar-refractivity contribution in [1.82, 2.24) is 0 Å². The second-order valence-corrected chi connectivity index (χ2v) is 6.79. The number of hydrogen-bond acceptors (Lipinski definition) is 6. The van der Waals surface area contributed by atoms with Gasteiger partial charge in [0.2, 0.25) is 18.6 Å². The fourth-order valence-electron chi connectivity index (χ4n) is 3.12. The van der Waals surface area contributed by atoms with Crippen LogP contribution in [-0.2, 0) is 14.3 Å². The molecule has 0 radical (unpaired) electrons. The Balaban J connectivity index is 1.30. The zero-order chi connectivity index (χ0) is 20.4. The van der Waals surface area contributed by atoms with E-state index in [0.29, 0.717) is 41.5 Å². The summed E-state index contributed by atoms with van der Waals surface area (Å²) < 4.78 is 15.5. The first-order valence-electron chi connectivity index (χ1n) is 9.33. The molecule has 2 N–H and O–H groups in total. The minimum Gasteiger partial charge on any atom is -0.462 e. The predicted octanol–water partition coefficient (Wildman–Crippen LogP) is 2.81. The van der Waals surface area contributed by atoms with Crippen LogP contribution in [0.1, 0.15) is 23.7 Å². The molecular weight excluding hydrogens is 376 g/mol. The summed E-state index contributed by atoms with van der Waals surface area (Å²) in [6.45, 7) is 2.20. The third-order valence-corrected chi connectivity index (χ3v) is 4.77. The van der Waals surface area contributed by atoms with Crippen LogP contribution in [0.25, 0.3) is 0 Å². The number of carbonyl (C=O) groups is 3. The quantitative estimate of drug-likeness (QED) is 0.728. The third kappa shape index (κ3) is 4.16. The third-order valence-electron chi connectivity index (χ3n) is 4.77. The number of anilines is 2. The fourth-order valence-corrected chi connectivity index (χ4v) is 3.12. The number of amides is 2. The minimum atomic E-state index is -0.409. The first-order chi connectivity index (χ1) is 14.0. The Morgan fingerprint density at radius 3 is 2.24 bits per heavy atom. The number of ether oxygens (including phenoxy) is 3. The number of carbonyl (C=O) groups excluding carboxylic acids is 3. The number of benzene rings is 2. The zero-order valence-electron chi connectivity index (χ0n) is 15.8. The molecule has 29 heavy (non-hydrogen) atoms. The molecule has 4 rings (SSSR count). The van der Waals surface area contributed by atoms with Crippen molar-refractivity contribution in [2.75, 3.05) is 24.0 Å². The van der Waals surface area contributed by atoms with Gasteiger partial charge in [-0.05, 0) is 49.7 Å². The van der Waals surface area contributed by atoms with E-state index in [0.717, 1.165) is 0 Å². The summed E-state index contributed by atoms with van der Waals surface area (Å²) in [5.41, 5.74) is 1.57. The van der Waals surface area contributed by atoms with Crippen molar-refractivity contribution in [2.24, 2.45) is 11.8 Å². The monoisotopic (exact) mass is 396 g/mol. The van der Waals surface area contributed by atoms with Crippen LogP contribution in [0.2, 0.25) is 0 Å². The lowest BCUT2D eigenvalue weighted by Gasteiger charge is -2.07. The Kier molecular flexibility index (Phi) is 5.07. The van der Waals surface area contributed by atoms with Crippen molar-refractivity contribution >= 4 is 29.2 Å². The van der Waals surface area contributed by atoms with Crippen LogP contribution >= 0.6 is 0 Å². The highest BCUT2D eigenvalue weighted by atomic mass is 16.7. The van der Waals surface area contributed by atoms with Crippen LogP contribution in [0.3, 0.4) is 0 Å². The Hall–Kier alpha value is -3.55. The molecule has 1 aliphatic carbocycles. The van der Waals surface area contributed by atoms with Crippen molar-refractivity contribution < 1.29 is 28.6 Å². The molecular formula is C21H20N2O6. The van der Waals surface area contributed by atoms with Crippen molar-refractivity contribution in [2.45, 2.75) is 13.3 Å². The highest BCUT2D eigenvalue weighted by Crippen LogP contribution is 2.41. The average Bonchev–Trinajstić information content (AvgIpc) is 3.39. The van der Waals surface area contributed by atoms with Gasteiger partial charge in [0.15, 0.2) is 11.5 Å². The Labute approximate surface area is 167 Å². The smallest absolute Gasteiger partial charge is 0.338 e. The van der Waals surface area contributed by atoms with Gasteiger partial charge in [-0.1, -0.05) is 0 Å². The largest absolute Gasteiger partial charge is 0.462 e. The maximum absolute atomic E-state index is 12.4. The summed E-state index contributed by atoms with van der Waals surface area (Å²) in [6.07, 6.45) is 0.489. The van der Waals surface area contributed by atoms with E-state index in [-0.39, 0.29) is 30.4 Å². The van der Waals surface area contributed by atoms with E-state index in [4.69, 9.17) is 14.2 Å². The average molecular weight is 396 g/mol. The number of rotatable bonds is 6. The van der Waals surface area contributed by atoms with E-state index in [1.165, 1.54) is 0 Å². The summed E-state index contributed by atoms with van der Waals surface area (Å²) in [5.74, 6) is -0.373. The van der Waals surface area contributed by atoms with Gasteiger partial charge in [-0.2, -0.15) is 0 Å². The van der Waals surface area contributed by atoms with Gasteiger partial charge < -0.3 is 24.8 Å². The molecule has 2 atom stereocenters. The molecule has 1 saturated carbocycles. The lowest BCUT2D eigenvalue weighted by Crippen LogP contribution is -2.20. The lowest BCUT2D eigenvalue weighted by molar-refractivity contribution is -0.122. The van der Waals surface area contributed by atoms with Gasteiger partial charge in [-0.15, -0.1) is 0 Å². The highest BCUT2D eigenvalue weighted by Gasteiger charge is 2.48. The molecule has 0 bridgehead atoms. The maximum atomic E-state index is 12.4. The molecule has 0 aromatic heterocycles. The zero-order valence-corrected chi connectivity index (χ0v) is 15.8. The molecule has 2 unspecified atom stereocenters. The van der Waals surface area contributed by atoms with Crippen LogP contribution in [-0.4, -0.2) is 31.2 Å². The summed E-state index contributed by atoms with van der Waals surface area (Å²) in [4.78, 5) is 36.5. The summed E-state index contributed by atoms with van der Waals surface area (Å²) >= 11 is 0. The lowest BCUT2D eigenvalue weighted by atomic mass is 10.2. The topological polar surface area (TPSA) is 103 Å². The molecule has 150 valence electrons. The molecule has 1 heterocycles. The number of hydrogen-bond donors (Lipinski definition) is 2. The van der Waals surface area contributed by atoms with Gasteiger partial charge in [-0.25, -0.2) is 4.79 Å². The fraction of sp³-hybridized carbons (Fsp3) is 0.286. The number of nitrogens with one attached hydrogen (secondary N) is 2. The maximum Gasteiger partial charge on any atom is 0.338 e. The van der Waals surface area contributed by atoms with Crippen LogP contribution in [0, 0.1) is 11.8 Å². The summed E-state index contributed by atoms with van der Waals surface area (Å²) in [6, 6.07) is 11.6. The molecule has 2 aromatic rings. The molecule has 0 saturated heterocycles. The van der Waals surface area contributed by atoms with Crippen LogP contribution < -0.4 is 20.1 Å². The van der Waals surface area contributed by atoms with Crippen LogP contribution in [0.4, 0.5) is 11.4 Å². The van der Waals surface area contributed by atoms with Gasteiger partial charge in [-0.3, -0.25) is 9.59 Å². The first-order valence-corrected chi connectivity index (χ1v) is 9.33. The van der Waals surface area contributed by atoms with Crippen LogP contribution in [0.15, 0.2) is 42.5 Å². The van der Waals surface area contributed by atoms with E-state index in [2.05, 4.69) is 10.6 Å². The summed E-state index contributed by atoms with van der Waals surface area (Å²) in [7, 11) is 0. The van der Waals surface area contributed by atoms with Gasteiger partial charge >= 0.3 is 5.97 Å². The van der Waals surface area contributed by atoms with Crippen LogP contribution in [0.5, 0.6) is 11.5 Å². The van der Waals surface area contributed by atoms with E-state index in [9.17, 15) is 14.4 Å². The second kappa shape index (κ2) is 7.83. The summed E-state index contributed by atoms with van der Waals surface area (Å²) in [5, 5.41) is 5.59. The van der Waals surface area contributed by atoms with Gasteiger partial charge in [0.25, 0.3) is 0 Å².